The zero-order valence-electron chi connectivity index (χ0n) is 17.9. The van der Waals surface area contributed by atoms with E-state index in [4.69, 9.17) is 4.52 Å². The van der Waals surface area contributed by atoms with Gasteiger partial charge in [-0.15, -0.1) is 0 Å². The molecule has 1 fully saturated rings. The summed E-state index contributed by atoms with van der Waals surface area (Å²) in [5.41, 5.74) is 2.38. The van der Waals surface area contributed by atoms with Crippen molar-refractivity contribution in [3.63, 3.8) is 0 Å². The van der Waals surface area contributed by atoms with Crippen LogP contribution in [-0.2, 0) is 13.1 Å². The minimum Gasteiger partial charge on any atom is -0.359 e. The van der Waals surface area contributed by atoms with Crippen molar-refractivity contribution in [1.29, 1.82) is 0 Å². The fourth-order valence-electron chi connectivity index (χ4n) is 3.42. The second-order valence-corrected chi connectivity index (χ2v) is 7.83. The molecule has 0 spiro atoms. The molecular formula is C22H34N6O. The molecule has 2 N–H and O–H groups in total. The van der Waals surface area contributed by atoms with E-state index in [1.54, 1.807) is 7.05 Å². The Balaban J connectivity index is 1.31. The maximum atomic E-state index is 5.36. The summed E-state index contributed by atoms with van der Waals surface area (Å²) < 4.78 is 5.36. The van der Waals surface area contributed by atoms with Crippen LogP contribution in [0, 0.1) is 0 Å². The van der Waals surface area contributed by atoms with Crippen molar-refractivity contribution in [2.24, 2.45) is 4.99 Å². The molecule has 7 heteroatoms. The first-order valence-corrected chi connectivity index (χ1v) is 10.5. The summed E-state index contributed by atoms with van der Waals surface area (Å²) in [7, 11) is 1.79. The Morgan fingerprint density at radius 2 is 1.83 bits per heavy atom. The molecule has 1 saturated heterocycles. The molecule has 0 bridgehead atoms. The maximum Gasteiger partial charge on any atom is 0.191 e. The predicted octanol–water partition coefficient (Wildman–Crippen LogP) is 2.28. The van der Waals surface area contributed by atoms with Gasteiger partial charge in [0, 0.05) is 58.9 Å². The van der Waals surface area contributed by atoms with Crippen molar-refractivity contribution < 1.29 is 4.52 Å². The Hall–Kier alpha value is -2.38. The summed E-state index contributed by atoms with van der Waals surface area (Å²) in [6, 6.07) is 12.7. The Kier molecular flexibility index (Phi) is 8.07. The molecule has 29 heavy (non-hydrogen) atoms. The van der Waals surface area contributed by atoms with Crippen molar-refractivity contribution >= 4 is 5.96 Å². The lowest BCUT2D eigenvalue weighted by molar-refractivity contribution is 0.129. The summed E-state index contributed by atoms with van der Waals surface area (Å²) in [5, 5.41) is 10.8. The zero-order valence-corrected chi connectivity index (χ0v) is 17.9. The second-order valence-electron chi connectivity index (χ2n) is 7.83. The lowest BCUT2D eigenvalue weighted by Crippen LogP contribution is -2.48. The van der Waals surface area contributed by atoms with Crippen LogP contribution in [0.15, 0.2) is 45.9 Å². The molecule has 7 nitrogen and oxygen atoms in total. The van der Waals surface area contributed by atoms with Gasteiger partial charge in [0.2, 0.25) is 0 Å². The average Bonchev–Trinajstić information content (AvgIpc) is 3.22. The summed E-state index contributed by atoms with van der Waals surface area (Å²) in [5.74, 6) is 1.99. The van der Waals surface area contributed by atoms with E-state index in [0.29, 0.717) is 12.5 Å². The minimum absolute atomic E-state index is 0.373. The third-order valence-corrected chi connectivity index (χ3v) is 5.26. The molecule has 0 amide bonds. The molecule has 0 unspecified atom stereocenters. The van der Waals surface area contributed by atoms with Crippen molar-refractivity contribution in [3.8, 4) is 0 Å². The van der Waals surface area contributed by atoms with Crippen molar-refractivity contribution in [2.45, 2.75) is 32.9 Å². The molecule has 0 aliphatic carbocycles. The van der Waals surface area contributed by atoms with E-state index < -0.39 is 0 Å². The van der Waals surface area contributed by atoms with E-state index in [1.807, 2.05) is 6.07 Å². The molecule has 1 aromatic carbocycles. The van der Waals surface area contributed by atoms with Crippen LogP contribution in [0.5, 0.6) is 0 Å². The minimum atomic E-state index is 0.373. The van der Waals surface area contributed by atoms with Crippen molar-refractivity contribution in [1.82, 2.24) is 25.6 Å². The molecule has 158 valence electrons. The van der Waals surface area contributed by atoms with Crippen molar-refractivity contribution in [2.75, 3.05) is 46.3 Å². The van der Waals surface area contributed by atoms with E-state index in [-0.39, 0.29) is 0 Å². The molecule has 1 aromatic heterocycles. The first-order valence-electron chi connectivity index (χ1n) is 10.5. The van der Waals surface area contributed by atoms with Gasteiger partial charge in [-0.3, -0.25) is 14.8 Å². The molecule has 0 saturated carbocycles. The molecule has 1 aliphatic rings. The number of hydrogen-bond acceptors (Lipinski definition) is 5. The first-order chi connectivity index (χ1) is 14.1. The van der Waals surface area contributed by atoms with Crippen LogP contribution < -0.4 is 10.6 Å². The van der Waals surface area contributed by atoms with Gasteiger partial charge in [-0.05, 0) is 11.5 Å². The summed E-state index contributed by atoms with van der Waals surface area (Å²) in [6.45, 7) is 12.2. The van der Waals surface area contributed by atoms with Gasteiger partial charge in [0.15, 0.2) is 11.7 Å². The number of hydrogen-bond donors (Lipinski definition) is 2. The average molecular weight is 399 g/mol. The van der Waals surface area contributed by atoms with Crippen LogP contribution in [0.1, 0.15) is 36.8 Å². The standard InChI is InChI=1S/C22H34N6O/c1-18(2)21-15-20(29-26-21)16-25-22(23-3)24-9-10-27-11-13-28(14-12-27)17-19-7-5-4-6-8-19/h4-8,15,18H,9-14,16-17H2,1-3H3,(H2,23,24,25). The summed E-state index contributed by atoms with van der Waals surface area (Å²) in [6.07, 6.45) is 0. The fraction of sp³-hybridized carbons (Fsp3) is 0.545. The summed E-state index contributed by atoms with van der Waals surface area (Å²) >= 11 is 0. The molecule has 0 atom stereocenters. The lowest BCUT2D eigenvalue weighted by atomic mass is 10.1. The normalized spacial score (nSPS) is 16.3. The van der Waals surface area contributed by atoms with Crippen molar-refractivity contribution in [3.05, 3.63) is 53.4 Å². The van der Waals surface area contributed by atoms with E-state index in [2.05, 4.69) is 74.8 Å². The van der Waals surface area contributed by atoms with Gasteiger partial charge >= 0.3 is 0 Å². The Bertz CT molecular complexity index is 750. The first kappa shape index (κ1) is 21.3. The topological polar surface area (TPSA) is 68.9 Å². The lowest BCUT2D eigenvalue weighted by Gasteiger charge is -2.34. The monoisotopic (exact) mass is 398 g/mol. The van der Waals surface area contributed by atoms with Gasteiger partial charge in [0.1, 0.15) is 0 Å². The molecule has 3 rings (SSSR count). The number of benzene rings is 1. The number of nitrogens with zero attached hydrogens (tertiary/aromatic N) is 4. The van der Waals surface area contributed by atoms with Gasteiger partial charge in [0.05, 0.1) is 12.2 Å². The van der Waals surface area contributed by atoms with Gasteiger partial charge in [-0.2, -0.15) is 0 Å². The number of nitrogens with one attached hydrogen (secondary N) is 2. The maximum absolute atomic E-state index is 5.36. The number of aromatic nitrogens is 1. The molecule has 0 radical (unpaired) electrons. The van der Waals surface area contributed by atoms with Crippen LogP contribution in [0.4, 0.5) is 0 Å². The van der Waals surface area contributed by atoms with Crippen LogP contribution >= 0.6 is 0 Å². The number of piperazine rings is 1. The van der Waals surface area contributed by atoms with E-state index in [0.717, 1.165) is 63.2 Å². The van der Waals surface area contributed by atoms with Gasteiger partial charge < -0.3 is 15.2 Å². The largest absolute Gasteiger partial charge is 0.359 e. The zero-order chi connectivity index (χ0) is 20.5. The van der Waals surface area contributed by atoms with E-state index in [1.165, 1.54) is 5.56 Å². The molecule has 1 aliphatic heterocycles. The fourth-order valence-corrected chi connectivity index (χ4v) is 3.42. The predicted molar refractivity (Wildman–Crippen MR) is 117 cm³/mol. The van der Waals surface area contributed by atoms with E-state index in [9.17, 15) is 0 Å². The highest BCUT2D eigenvalue weighted by molar-refractivity contribution is 5.79. The number of aliphatic imine (C=N–C) groups is 1. The number of rotatable bonds is 8. The highest BCUT2D eigenvalue weighted by atomic mass is 16.5. The quantitative estimate of drug-likeness (QED) is 0.525. The van der Waals surface area contributed by atoms with Gasteiger partial charge in [-0.25, -0.2) is 0 Å². The highest BCUT2D eigenvalue weighted by Crippen LogP contribution is 2.13. The van der Waals surface area contributed by atoms with Crippen LogP contribution in [0.3, 0.4) is 0 Å². The van der Waals surface area contributed by atoms with Gasteiger partial charge in [-0.1, -0.05) is 49.3 Å². The Morgan fingerprint density at radius 1 is 1.10 bits per heavy atom. The van der Waals surface area contributed by atoms with E-state index >= 15 is 0 Å². The molecule has 2 aromatic rings. The number of guanidine groups is 1. The smallest absolute Gasteiger partial charge is 0.191 e. The second kappa shape index (κ2) is 11.0. The SMILES string of the molecule is CN=C(NCCN1CCN(Cc2ccccc2)CC1)NCc1cc(C(C)C)no1. The summed E-state index contributed by atoms with van der Waals surface area (Å²) in [4.78, 5) is 9.33. The highest BCUT2D eigenvalue weighted by Gasteiger charge is 2.16. The van der Waals surface area contributed by atoms with Crippen LogP contribution in [0.25, 0.3) is 0 Å². The van der Waals surface area contributed by atoms with Gasteiger partial charge in [0.25, 0.3) is 0 Å². The Labute approximate surface area is 174 Å². The molecular weight excluding hydrogens is 364 g/mol. The third kappa shape index (κ3) is 6.87. The Morgan fingerprint density at radius 3 is 2.48 bits per heavy atom. The molecule has 2 heterocycles. The van der Waals surface area contributed by atoms with Crippen LogP contribution in [0.2, 0.25) is 0 Å². The third-order valence-electron chi connectivity index (χ3n) is 5.26. The van der Waals surface area contributed by atoms with Crippen LogP contribution in [-0.4, -0.2) is 67.2 Å².